The summed E-state index contributed by atoms with van der Waals surface area (Å²) in [5.74, 6) is 1.29. The zero-order valence-electron chi connectivity index (χ0n) is 13.0. The van der Waals surface area contributed by atoms with Gasteiger partial charge in [-0.2, -0.15) is 0 Å². The van der Waals surface area contributed by atoms with Crippen molar-refractivity contribution in [2.75, 3.05) is 0 Å². The number of rotatable bonds is 3. The van der Waals surface area contributed by atoms with Gasteiger partial charge >= 0.3 is 0 Å². The van der Waals surface area contributed by atoms with Crippen molar-refractivity contribution in [3.8, 4) is 5.75 Å². The van der Waals surface area contributed by atoms with E-state index in [-0.39, 0.29) is 11.9 Å². The molecular formula is C18H16ClN3O2. The molecule has 0 fully saturated rings. The lowest BCUT2D eigenvalue weighted by molar-refractivity contribution is -0.127. The van der Waals surface area contributed by atoms with Crippen molar-refractivity contribution in [3.05, 3.63) is 58.9 Å². The Morgan fingerprint density at radius 2 is 2.21 bits per heavy atom. The van der Waals surface area contributed by atoms with Gasteiger partial charge in [-0.1, -0.05) is 23.7 Å². The van der Waals surface area contributed by atoms with Crippen molar-refractivity contribution in [3.63, 3.8) is 0 Å². The summed E-state index contributed by atoms with van der Waals surface area (Å²) in [5, 5.41) is 3.61. The summed E-state index contributed by atoms with van der Waals surface area (Å²) in [6, 6.07) is 12.9. The van der Waals surface area contributed by atoms with Gasteiger partial charge in [0.05, 0.1) is 17.1 Å². The highest BCUT2D eigenvalue weighted by Gasteiger charge is 2.30. The number of carbonyl (C=O) groups is 1. The third-order valence-corrected chi connectivity index (χ3v) is 4.40. The van der Waals surface area contributed by atoms with Gasteiger partial charge in [0.25, 0.3) is 5.91 Å². The molecule has 0 spiro atoms. The van der Waals surface area contributed by atoms with E-state index < -0.39 is 6.10 Å². The molecule has 2 heterocycles. The molecule has 1 aliphatic heterocycles. The van der Waals surface area contributed by atoms with Crippen molar-refractivity contribution >= 4 is 28.5 Å². The molecule has 0 saturated heterocycles. The molecule has 122 valence electrons. The van der Waals surface area contributed by atoms with E-state index in [9.17, 15) is 4.79 Å². The molecule has 0 aliphatic carbocycles. The van der Waals surface area contributed by atoms with Crippen LogP contribution in [0.3, 0.4) is 0 Å². The monoisotopic (exact) mass is 341 g/mol. The van der Waals surface area contributed by atoms with Crippen molar-refractivity contribution in [2.24, 2.45) is 0 Å². The van der Waals surface area contributed by atoms with E-state index in [2.05, 4.69) is 15.3 Å². The Bertz CT molecular complexity index is 889. The van der Waals surface area contributed by atoms with Crippen LogP contribution in [0, 0.1) is 0 Å². The van der Waals surface area contributed by atoms with E-state index in [4.69, 9.17) is 16.3 Å². The van der Waals surface area contributed by atoms with Gasteiger partial charge in [-0.3, -0.25) is 4.79 Å². The molecule has 0 unspecified atom stereocenters. The van der Waals surface area contributed by atoms with Gasteiger partial charge < -0.3 is 15.0 Å². The van der Waals surface area contributed by atoms with Gasteiger partial charge in [-0.05, 0) is 42.8 Å². The Morgan fingerprint density at radius 3 is 3.04 bits per heavy atom. The quantitative estimate of drug-likeness (QED) is 0.767. The molecule has 24 heavy (non-hydrogen) atoms. The Hall–Kier alpha value is -2.53. The molecule has 1 aliphatic rings. The smallest absolute Gasteiger partial charge is 0.262 e. The zero-order valence-corrected chi connectivity index (χ0v) is 13.8. The number of hydrogen-bond acceptors (Lipinski definition) is 3. The van der Waals surface area contributed by atoms with Crippen LogP contribution in [0.4, 0.5) is 0 Å². The van der Waals surface area contributed by atoms with Crippen LogP contribution in [-0.2, 0) is 11.2 Å². The SMILES string of the molecule is C[C@@H](NC(=O)[C@@H]1Cc2cc(Cl)ccc2O1)c1nc2ccccc2[nH]1. The van der Waals surface area contributed by atoms with Crippen molar-refractivity contribution in [1.82, 2.24) is 15.3 Å². The lowest BCUT2D eigenvalue weighted by Crippen LogP contribution is -2.39. The highest BCUT2D eigenvalue weighted by atomic mass is 35.5. The fraction of sp³-hybridized carbons (Fsp3) is 0.222. The predicted octanol–water partition coefficient (Wildman–Crippen LogP) is 3.40. The molecule has 3 aromatic rings. The molecule has 0 bridgehead atoms. The molecular weight excluding hydrogens is 326 g/mol. The zero-order chi connectivity index (χ0) is 16.7. The number of H-pyrrole nitrogens is 1. The standard InChI is InChI=1S/C18H16ClN3O2/c1-10(17-21-13-4-2-3-5-14(13)22-17)20-18(23)16-9-11-8-12(19)6-7-15(11)24-16/h2-8,10,16H,9H2,1H3,(H,20,23)(H,21,22)/t10-,16+/m1/s1. The minimum atomic E-state index is -0.537. The molecule has 2 N–H and O–H groups in total. The Labute approximate surface area is 144 Å². The average Bonchev–Trinajstić information content (AvgIpc) is 3.18. The molecule has 1 amide bonds. The number of hydrogen-bond donors (Lipinski definition) is 2. The first kappa shape index (κ1) is 15.0. The third-order valence-electron chi connectivity index (χ3n) is 4.17. The van der Waals surface area contributed by atoms with E-state index in [1.807, 2.05) is 37.3 Å². The maximum atomic E-state index is 12.5. The van der Waals surface area contributed by atoms with Crippen LogP contribution in [-0.4, -0.2) is 22.0 Å². The highest BCUT2D eigenvalue weighted by molar-refractivity contribution is 6.30. The number of carbonyl (C=O) groups excluding carboxylic acids is 1. The number of nitrogens with zero attached hydrogens (tertiary/aromatic N) is 1. The lowest BCUT2D eigenvalue weighted by Gasteiger charge is -2.15. The summed E-state index contributed by atoms with van der Waals surface area (Å²) >= 11 is 5.99. The number of aromatic nitrogens is 2. The number of aromatic amines is 1. The van der Waals surface area contributed by atoms with Gasteiger partial charge in [-0.15, -0.1) is 0 Å². The van der Waals surface area contributed by atoms with Crippen LogP contribution in [0.25, 0.3) is 11.0 Å². The molecule has 2 atom stereocenters. The van der Waals surface area contributed by atoms with Crippen LogP contribution in [0.15, 0.2) is 42.5 Å². The van der Waals surface area contributed by atoms with Crippen molar-refractivity contribution in [1.29, 1.82) is 0 Å². The number of benzene rings is 2. The first-order valence-corrected chi connectivity index (χ1v) is 8.18. The summed E-state index contributed by atoms with van der Waals surface area (Å²) < 4.78 is 5.72. The number of halogens is 1. The Morgan fingerprint density at radius 1 is 1.38 bits per heavy atom. The van der Waals surface area contributed by atoms with Crippen LogP contribution >= 0.6 is 11.6 Å². The molecule has 2 aromatic carbocycles. The van der Waals surface area contributed by atoms with E-state index in [1.54, 1.807) is 12.1 Å². The summed E-state index contributed by atoms with van der Waals surface area (Å²) in [4.78, 5) is 20.2. The van der Waals surface area contributed by atoms with Gasteiger partial charge in [0.15, 0.2) is 6.10 Å². The fourth-order valence-electron chi connectivity index (χ4n) is 2.92. The number of fused-ring (bicyclic) bond motifs is 2. The third kappa shape index (κ3) is 2.71. The predicted molar refractivity (Wildman–Crippen MR) is 92.2 cm³/mol. The first-order chi connectivity index (χ1) is 11.6. The van der Waals surface area contributed by atoms with Gasteiger partial charge in [0, 0.05) is 11.4 Å². The summed E-state index contributed by atoms with van der Waals surface area (Å²) in [5.41, 5.74) is 2.79. The number of imidazole rings is 1. The normalized spacial score (nSPS) is 17.3. The van der Waals surface area contributed by atoms with E-state index in [1.165, 1.54) is 0 Å². The molecule has 1 aromatic heterocycles. The molecule has 0 radical (unpaired) electrons. The van der Waals surface area contributed by atoms with Crippen molar-refractivity contribution < 1.29 is 9.53 Å². The second-order valence-electron chi connectivity index (χ2n) is 5.93. The number of para-hydroxylation sites is 2. The van der Waals surface area contributed by atoms with E-state index in [0.717, 1.165) is 28.2 Å². The van der Waals surface area contributed by atoms with Crippen LogP contribution < -0.4 is 10.1 Å². The Balaban J connectivity index is 1.46. The molecule has 6 heteroatoms. The van der Waals surface area contributed by atoms with Crippen molar-refractivity contribution in [2.45, 2.75) is 25.5 Å². The lowest BCUT2D eigenvalue weighted by atomic mass is 10.1. The number of nitrogens with one attached hydrogen (secondary N) is 2. The average molecular weight is 342 g/mol. The van der Waals surface area contributed by atoms with Gasteiger partial charge in [0.1, 0.15) is 11.6 Å². The molecule has 5 nitrogen and oxygen atoms in total. The van der Waals surface area contributed by atoms with Crippen LogP contribution in [0.5, 0.6) is 5.75 Å². The topological polar surface area (TPSA) is 67.0 Å². The van der Waals surface area contributed by atoms with Gasteiger partial charge in [-0.25, -0.2) is 4.98 Å². The molecule has 4 rings (SSSR count). The largest absolute Gasteiger partial charge is 0.480 e. The van der Waals surface area contributed by atoms with E-state index >= 15 is 0 Å². The number of amides is 1. The van der Waals surface area contributed by atoms with E-state index in [0.29, 0.717) is 11.4 Å². The van der Waals surface area contributed by atoms with Crippen LogP contribution in [0.2, 0.25) is 5.02 Å². The first-order valence-electron chi connectivity index (χ1n) is 7.80. The highest BCUT2D eigenvalue weighted by Crippen LogP contribution is 2.31. The van der Waals surface area contributed by atoms with Crippen LogP contribution in [0.1, 0.15) is 24.4 Å². The minimum Gasteiger partial charge on any atom is -0.480 e. The summed E-state index contributed by atoms with van der Waals surface area (Å²) in [6.45, 7) is 1.90. The maximum absolute atomic E-state index is 12.5. The number of ether oxygens (including phenoxy) is 1. The second kappa shape index (κ2) is 5.83. The minimum absolute atomic E-state index is 0.157. The summed E-state index contributed by atoms with van der Waals surface area (Å²) in [7, 11) is 0. The Kier molecular flexibility index (Phi) is 3.65. The summed E-state index contributed by atoms with van der Waals surface area (Å²) in [6.07, 6.45) is -0.0144. The maximum Gasteiger partial charge on any atom is 0.262 e. The van der Waals surface area contributed by atoms with Gasteiger partial charge in [0.2, 0.25) is 0 Å². The second-order valence-corrected chi connectivity index (χ2v) is 6.37. The fourth-order valence-corrected chi connectivity index (χ4v) is 3.11. The molecule has 0 saturated carbocycles.